The van der Waals surface area contributed by atoms with Gasteiger partial charge in [0.15, 0.2) is 0 Å². The summed E-state index contributed by atoms with van der Waals surface area (Å²) in [4.78, 5) is 25.9. The number of benzene rings is 1. The molecule has 0 atom stereocenters. The van der Waals surface area contributed by atoms with E-state index in [1.807, 2.05) is 43.3 Å². The minimum Gasteiger partial charge on any atom is -0.507 e. The highest BCUT2D eigenvalue weighted by Crippen LogP contribution is 2.33. The first kappa shape index (κ1) is 25.6. The molecule has 0 amide bonds. The molecule has 0 saturated carbocycles. The van der Waals surface area contributed by atoms with Crippen molar-refractivity contribution >= 4 is 11.6 Å². The molecule has 0 heterocycles. The maximum Gasteiger partial charge on any atom is 0.233 e. The Morgan fingerprint density at radius 2 is 1.53 bits per heavy atom. The summed E-state index contributed by atoms with van der Waals surface area (Å²) in [6, 6.07) is 10.1. The predicted octanol–water partition coefficient (Wildman–Crippen LogP) is 7.54. The lowest BCUT2D eigenvalue weighted by Gasteiger charge is -2.21. The lowest BCUT2D eigenvalue weighted by molar-refractivity contribution is -0.132. The number of allylic oxidation sites excluding steroid dienone is 7. The third-order valence-electron chi connectivity index (χ3n) is 5.97. The average molecular weight is 435 g/mol. The molecule has 172 valence electrons. The van der Waals surface area contributed by atoms with Crippen LogP contribution in [-0.2, 0) is 16.0 Å². The minimum absolute atomic E-state index is 0.0328. The monoisotopic (exact) mass is 434 g/mol. The number of unbranched alkanes of at least 4 members (excludes halogenated alkanes) is 2. The van der Waals surface area contributed by atoms with E-state index < -0.39 is 11.6 Å². The molecule has 1 aromatic rings. The van der Waals surface area contributed by atoms with E-state index in [9.17, 15) is 14.7 Å². The molecule has 0 saturated heterocycles. The molecule has 3 heteroatoms. The molecule has 1 aliphatic rings. The SMILES string of the molecule is CCCCCC1=C(CCc2ccccc2)C(O)=C(C/C=C(\C)CCC=C(C)C)C(=O)C1=O. The summed E-state index contributed by atoms with van der Waals surface area (Å²) in [6.45, 7) is 8.30. The number of carbonyl (C=O) groups excluding carboxylic acids is 2. The van der Waals surface area contributed by atoms with Gasteiger partial charge in [0.1, 0.15) is 5.76 Å². The fourth-order valence-electron chi connectivity index (χ4n) is 4.00. The highest BCUT2D eigenvalue weighted by Gasteiger charge is 2.33. The highest BCUT2D eigenvalue weighted by atomic mass is 16.3. The van der Waals surface area contributed by atoms with E-state index in [4.69, 9.17) is 0 Å². The number of Topliss-reactive ketones (excluding diaryl/α,β-unsaturated/α-hetero) is 2. The summed E-state index contributed by atoms with van der Waals surface area (Å²) in [5.74, 6) is -0.927. The second kappa shape index (κ2) is 13.0. The summed E-state index contributed by atoms with van der Waals surface area (Å²) < 4.78 is 0. The van der Waals surface area contributed by atoms with Gasteiger partial charge in [0.25, 0.3) is 0 Å². The Morgan fingerprint density at radius 1 is 0.844 bits per heavy atom. The lowest BCUT2D eigenvalue weighted by atomic mass is 9.82. The van der Waals surface area contributed by atoms with Crippen molar-refractivity contribution in [1.82, 2.24) is 0 Å². The van der Waals surface area contributed by atoms with Crippen molar-refractivity contribution in [3.63, 3.8) is 0 Å². The molecule has 0 fully saturated rings. The molecule has 0 spiro atoms. The van der Waals surface area contributed by atoms with E-state index in [0.29, 0.717) is 30.4 Å². The number of aryl methyl sites for hydroxylation is 1. The quantitative estimate of drug-likeness (QED) is 0.160. The molecule has 1 N–H and O–H groups in total. The maximum atomic E-state index is 13.0. The van der Waals surface area contributed by atoms with Gasteiger partial charge >= 0.3 is 0 Å². The Kier molecular flexibility index (Phi) is 10.4. The Morgan fingerprint density at radius 3 is 2.19 bits per heavy atom. The normalized spacial score (nSPS) is 14.9. The molecule has 0 radical (unpaired) electrons. The van der Waals surface area contributed by atoms with Gasteiger partial charge in [0.05, 0.1) is 0 Å². The molecule has 2 rings (SSSR count). The number of rotatable bonds is 12. The molecule has 0 aliphatic heterocycles. The molecular weight excluding hydrogens is 396 g/mol. The number of aliphatic hydroxyl groups is 1. The van der Waals surface area contributed by atoms with Crippen LogP contribution in [0.3, 0.4) is 0 Å². The predicted molar refractivity (Wildman–Crippen MR) is 133 cm³/mol. The summed E-state index contributed by atoms with van der Waals surface area (Å²) in [5, 5.41) is 11.1. The van der Waals surface area contributed by atoms with E-state index in [1.165, 1.54) is 5.57 Å². The summed E-state index contributed by atoms with van der Waals surface area (Å²) >= 11 is 0. The van der Waals surface area contributed by atoms with Gasteiger partial charge in [-0.2, -0.15) is 0 Å². The van der Waals surface area contributed by atoms with Crippen molar-refractivity contribution < 1.29 is 14.7 Å². The first-order valence-electron chi connectivity index (χ1n) is 11.9. The van der Waals surface area contributed by atoms with Crippen LogP contribution < -0.4 is 0 Å². The second-order valence-corrected chi connectivity index (χ2v) is 8.96. The minimum atomic E-state index is -0.536. The standard InChI is InChI=1S/C29H38O3/c1-5-6-8-16-24-25(20-18-23-14-9-7-10-15-23)27(30)26(29(32)28(24)31)19-17-22(4)13-11-12-21(2)3/h7,9-10,12,14-15,17,30H,5-6,8,11,13,16,18-20H2,1-4H3/b22-17+. The molecular formula is C29H38O3. The van der Waals surface area contributed by atoms with Crippen LogP contribution in [0.1, 0.15) is 84.6 Å². The zero-order valence-corrected chi connectivity index (χ0v) is 20.2. The van der Waals surface area contributed by atoms with Crippen LogP contribution in [0.5, 0.6) is 0 Å². The second-order valence-electron chi connectivity index (χ2n) is 8.96. The molecule has 0 aromatic heterocycles. The van der Waals surface area contributed by atoms with Crippen molar-refractivity contribution in [3.05, 3.63) is 81.7 Å². The Hall–Kier alpha value is -2.68. The van der Waals surface area contributed by atoms with Gasteiger partial charge in [0, 0.05) is 16.7 Å². The van der Waals surface area contributed by atoms with Gasteiger partial charge in [-0.05, 0) is 71.3 Å². The summed E-state index contributed by atoms with van der Waals surface area (Å²) in [6.07, 6.45) is 11.1. The van der Waals surface area contributed by atoms with Crippen LogP contribution >= 0.6 is 0 Å². The van der Waals surface area contributed by atoms with Crippen LogP contribution in [0.4, 0.5) is 0 Å². The molecule has 0 unspecified atom stereocenters. The van der Waals surface area contributed by atoms with Crippen molar-refractivity contribution in [3.8, 4) is 0 Å². The third-order valence-corrected chi connectivity index (χ3v) is 5.97. The van der Waals surface area contributed by atoms with Crippen LogP contribution in [-0.4, -0.2) is 16.7 Å². The Bertz CT molecular complexity index is 922. The van der Waals surface area contributed by atoms with E-state index in [1.54, 1.807) is 0 Å². The van der Waals surface area contributed by atoms with E-state index in [-0.39, 0.29) is 11.3 Å². The molecule has 3 nitrogen and oxygen atoms in total. The average Bonchev–Trinajstić information content (AvgIpc) is 2.77. The van der Waals surface area contributed by atoms with Crippen LogP contribution in [0.15, 0.2) is 76.1 Å². The van der Waals surface area contributed by atoms with Gasteiger partial charge < -0.3 is 5.11 Å². The van der Waals surface area contributed by atoms with Crippen molar-refractivity contribution in [2.24, 2.45) is 0 Å². The maximum absolute atomic E-state index is 13.0. The smallest absolute Gasteiger partial charge is 0.233 e. The number of hydrogen-bond donors (Lipinski definition) is 1. The molecule has 32 heavy (non-hydrogen) atoms. The Balaban J connectivity index is 2.28. The van der Waals surface area contributed by atoms with Crippen molar-refractivity contribution in [2.45, 2.75) is 85.5 Å². The Labute approximate surface area is 193 Å². The van der Waals surface area contributed by atoms with Gasteiger partial charge in [-0.3, -0.25) is 9.59 Å². The van der Waals surface area contributed by atoms with Crippen LogP contribution in [0.25, 0.3) is 0 Å². The largest absolute Gasteiger partial charge is 0.507 e. The molecule has 1 aromatic carbocycles. The fourth-order valence-corrected chi connectivity index (χ4v) is 4.00. The lowest BCUT2D eigenvalue weighted by Crippen LogP contribution is -2.26. The molecule has 1 aliphatic carbocycles. The highest BCUT2D eigenvalue weighted by molar-refractivity contribution is 6.50. The van der Waals surface area contributed by atoms with Crippen molar-refractivity contribution in [2.75, 3.05) is 0 Å². The molecule has 0 bridgehead atoms. The number of carbonyl (C=O) groups is 2. The van der Waals surface area contributed by atoms with Crippen LogP contribution in [0.2, 0.25) is 0 Å². The summed E-state index contributed by atoms with van der Waals surface area (Å²) in [5.41, 5.74) is 5.03. The zero-order valence-electron chi connectivity index (χ0n) is 20.2. The van der Waals surface area contributed by atoms with Crippen LogP contribution in [0, 0.1) is 0 Å². The number of hydrogen-bond acceptors (Lipinski definition) is 3. The zero-order chi connectivity index (χ0) is 23.5. The van der Waals surface area contributed by atoms with Gasteiger partial charge in [-0.15, -0.1) is 0 Å². The van der Waals surface area contributed by atoms with Gasteiger partial charge in [-0.25, -0.2) is 0 Å². The van der Waals surface area contributed by atoms with Crippen molar-refractivity contribution in [1.29, 1.82) is 0 Å². The van der Waals surface area contributed by atoms with E-state index >= 15 is 0 Å². The first-order valence-corrected chi connectivity index (χ1v) is 11.9. The number of aliphatic hydroxyl groups excluding tert-OH is 1. The fraction of sp³-hybridized carbons (Fsp3) is 0.448. The first-order chi connectivity index (χ1) is 15.3. The third kappa shape index (κ3) is 7.47. The summed E-state index contributed by atoms with van der Waals surface area (Å²) in [7, 11) is 0. The van der Waals surface area contributed by atoms with Gasteiger partial charge in [-0.1, -0.05) is 73.4 Å². The topological polar surface area (TPSA) is 54.4 Å². The van der Waals surface area contributed by atoms with E-state index in [0.717, 1.165) is 49.7 Å². The number of ketones is 2. The van der Waals surface area contributed by atoms with Gasteiger partial charge in [0.2, 0.25) is 11.6 Å². The van der Waals surface area contributed by atoms with E-state index in [2.05, 4.69) is 26.8 Å².